The number of methoxy groups -OCH3 is 2. The van der Waals surface area contributed by atoms with Crippen LogP contribution in [0, 0.1) is 5.82 Å². The average molecular weight is 310 g/mol. The maximum absolute atomic E-state index is 13.0. The molecule has 1 aromatic carbocycles. The molecule has 0 heterocycles. The predicted octanol–water partition coefficient (Wildman–Crippen LogP) is 2.29. The van der Waals surface area contributed by atoms with Gasteiger partial charge in [-0.3, -0.25) is 0 Å². The Bertz CT molecular complexity index is 346. The second-order valence-electron chi connectivity index (χ2n) is 3.13. The van der Waals surface area contributed by atoms with Gasteiger partial charge in [-0.05, 0) is 35.0 Å². The molecule has 0 bridgehead atoms. The van der Waals surface area contributed by atoms with E-state index in [4.69, 9.17) is 10.8 Å². The number of aliphatic hydroxyl groups is 1. The summed E-state index contributed by atoms with van der Waals surface area (Å²) in [6.07, 6.45) is -0.0648. The molecule has 0 spiro atoms. The summed E-state index contributed by atoms with van der Waals surface area (Å²) in [6, 6.07) is 3.04. The number of aliphatic hydroxyl groups excluding tert-OH is 1. The molecule has 0 aliphatic carbocycles. The Balaban J connectivity index is 0.000000366. The van der Waals surface area contributed by atoms with E-state index in [1.165, 1.54) is 6.07 Å². The van der Waals surface area contributed by atoms with Crippen LogP contribution in [0.15, 0.2) is 16.6 Å². The van der Waals surface area contributed by atoms with Crippen LogP contribution in [0.25, 0.3) is 0 Å². The predicted molar refractivity (Wildman–Crippen MR) is 67.9 cm³/mol. The molecule has 0 saturated heterocycles. The number of anilines is 1. The standard InChI is InChI=1S/C7H7BrFNO.C4H10O2/c8-5-1-2-6(10)4(3-11)7(5)9;1-4(5-2)6-3/h1-2,11H,3,10H2;4H,1-3H3. The Hall–Kier alpha value is -0.690. The topological polar surface area (TPSA) is 64.7 Å². The van der Waals surface area contributed by atoms with Crippen molar-refractivity contribution >= 4 is 21.6 Å². The molecule has 0 aliphatic rings. The van der Waals surface area contributed by atoms with E-state index in [1.807, 2.05) is 6.92 Å². The molecule has 0 atom stereocenters. The largest absolute Gasteiger partial charge is 0.398 e. The lowest BCUT2D eigenvalue weighted by molar-refractivity contribution is -0.0877. The number of hydrogen-bond acceptors (Lipinski definition) is 4. The van der Waals surface area contributed by atoms with Crippen LogP contribution in [-0.2, 0) is 16.1 Å². The summed E-state index contributed by atoms with van der Waals surface area (Å²) < 4.78 is 22.6. The second-order valence-corrected chi connectivity index (χ2v) is 3.98. The zero-order valence-electron chi connectivity index (χ0n) is 10.0. The van der Waals surface area contributed by atoms with E-state index in [0.29, 0.717) is 4.47 Å². The maximum Gasteiger partial charge on any atom is 0.154 e. The van der Waals surface area contributed by atoms with Crippen molar-refractivity contribution in [1.82, 2.24) is 0 Å². The summed E-state index contributed by atoms with van der Waals surface area (Å²) >= 11 is 2.98. The first-order valence-corrected chi connectivity index (χ1v) is 5.66. The molecule has 0 fully saturated rings. The van der Waals surface area contributed by atoms with E-state index < -0.39 is 5.82 Å². The summed E-state index contributed by atoms with van der Waals surface area (Å²) in [5.74, 6) is -0.493. The molecule has 17 heavy (non-hydrogen) atoms. The minimum atomic E-state index is -0.493. The number of rotatable bonds is 3. The maximum atomic E-state index is 13.0. The monoisotopic (exact) mass is 309 g/mol. The van der Waals surface area contributed by atoms with Crippen LogP contribution in [-0.4, -0.2) is 25.6 Å². The molecule has 1 aromatic rings. The van der Waals surface area contributed by atoms with Crippen LogP contribution in [0.4, 0.5) is 10.1 Å². The summed E-state index contributed by atoms with van der Waals surface area (Å²) in [5.41, 5.74) is 5.79. The van der Waals surface area contributed by atoms with E-state index in [9.17, 15) is 4.39 Å². The van der Waals surface area contributed by atoms with Crippen LogP contribution >= 0.6 is 15.9 Å². The normalized spacial score (nSPS) is 10.1. The third-order valence-corrected chi connectivity index (χ3v) is 2.67. The smallest absolute Gasteiger partial charge is 0.154 e. The lowest BCUT2D eigenvalue weighted by Crippen LogP contribution is -2.05. The SMILES string of the molecule is COC(C)OC.Nc1ccc(Br)c(F)c1CO. The number of halogens is 2. The molecule has 3 N–H and O–H groups in total. The average Bonchev–Trinajstić information content (AvgIpc) is 2.34. The fraction of sp³-hybridized carbons (Fsp3) is 0.455. The van der Waals surface area contributed by atoms with E-state index in [1.54, 1.807) is 20.3 Å². The summed E-state index contributed by atoms with van der Waals surface area (Å²) in [6.45, 7) is 1.46. The van der Waals surface area contributed by atoms with Crippen LogP contribution < -0.4 is 5.73 Å². The van der Waals surface area contributed by atoms with Crippen molar-refractivity contribution in [2.45, 2.75) is 19.8 Å². The molecule has 1 rings (SSSR count). The highest BCUT2D eigenvalue weighted by molar-refractivity contribution is 9.10. The number of ether oxygens (including phenoxy) is 2. The van der Waals surface area contributed by atoms with Crippen LogP contribution in [0.1, 0.15) is 12.5 Å². The van der Waals surface area contributed by atoms with Gasteiger partial charge in [0, 0.05) is 25.5 Å². The van der Waals surface area contributed by atoms with Gasteiger partial charge in [0.25, 0.3) is 0 Å². The first-order chi connectivity index (χ1) is 7.97. The highest BCUT2D eigenvalue weighted by atomic mass is 79.9. The Morgan fingerprint density at radius 1 is 1.41 bits per heavy atom. The third kappa shape index (κ3) is 5.45. The quantitative estimate of drug-likeness (QED) is 0.664. The molecule has 6 heteroatoms. The molecule has 0 amide bonds. The first-order valence-electron chi connectivity index (χ1n) is 4.86. The minimum absolute atomic E-state index is 0.0648. The van der Waals surface area contributed by atoms with Gasteiger partial charge in [0.1, 0.15) is 5.82 Å². The van der Waals surface area contributed by atoms with Gasteiger partial charge in [-0.1, -0.05) is 0 Å². The van der Waals surface area contributed by atoms with Crippen LogP contribution in [0.3, 0.4) is 0 Å². The van der Waals surface area contributed by atoms with E-state index in [2.05, 4.69) is 25.4 Å². The van der Waals surface area contributed by atoms with Gasteiger partial charge in [-0.15, -0.1) is 0 Å². The number of hydrogen-bond donors (Lipinski definition) is 2. The molecule has 0 aromatic heterocycles. The Labute approximate surface area is 109 Å². The van der Waals surface area contributed by atoms with Crippen molar-refractivity contribution < 1.29 is 19.0 Å². The van der Waals surface area contributed by atoms with Crippen molar-refractivity contribution in [1.29, 1.82) is 0 Å². The first kappa shape index (κ1) is 16.3. The summed E-state index contributed by atoms with van der Waals surface area (Å²) in [7, 11) is 3.21. The highest BCUT2D eigenvalue weighted by Gasteiger charge is 2.07. The lowest BCUT2D eigenvalue weighted by Gasteiger charge is -2.04. The van der Waals surface area contributed by atoms with Crippen molar-refractivity contribution in [2.24, 2.45) is 0 Å². The van der Waals surface area contributed by atoms with Crippen molar-refractivity contribution in [3.05, 3.63) is 28.0 Å². The minimum Gasteiger partial charge on any atom is -0.398 e. The Morgan fingerprint density at radius 2 is 1.94 bits per heavy atom. The third-order valence-electron chi connectivity index (χ3n) is 2.05. The van der Waals surface area contributed by atoms with Crippen molar-refractivity contribution in [3.63, 3.8) is 0 Å². The molecular formula is C11H17BrFNO3. The Morgan fingerprint density at radius 3 is 2.24 bits per heavy atom. The van der Waals surface area contributed by atoms with E-state index in [-0.39, 0.29) is 24.1 Å². The van der Waals surface area contributed by atoms with Crippen LogP contribution in [0.2, 0.25) is 0 Å². The fourth-order valence-electron chi connectivity index (χ4n) is 0.864. The summed E-state index contributed by atoms with van der Waals surface area (Å²) in [4.78, 5) is 0. The van der Waals surface area contributed by atoms with Gasteiger partial charge in [0.05, 0.1) is 11.1 Å². The fourth-order valence-corrected chi connectivity index (χ4v) is 1.24. The van der Waals surface area contributed by atoms with Gasteiger partial charge in [0.15, 0.2) is 6.29 Å². The van der Waals surface area contributed by atoms with Gasteiger partial charge in [0.2, 0.25) is 0 Å². The molecular weight excluding hydrogens is 293 g/mol. The molecule has 98 valence electrons. The van der Waals surface area contributed by atoms with Gasteiger partial charge in [-0.25, -0.2) is 4.39 Å². The molecule has 0 unspecified atom stereocenters. The van der Waals surface area contributed by atoms with Crippen molar-refractivity contribution in [2.75, 3.05) is 20.0 Å². The zero-order chi connectivity index (χ0) is 13.4. The van der Waals surface area contributed by atoms with Gasteiger partial charge >= 0.3 is 0 Å². The number of benzene rings is 1. The number of nitrogens with two attached hydrogens (primary N) is 1. The molecule has 4 nitrogen and oxygen atoms in total. The van der Waals surface area contributed by atoms with Crippen LogP contribution in [0.5, 0.6) is 0 Å². The van der Waals surface area contributed by atoms with E-state index >= 15 is 0 Å². The van der Waals surface area contributed by atoms with E-state index in [0.717, 1.165) is 0 Å². The second kappa shape index (κ2) is 8.41. The van der Waals surface area contributed by atoms with Gasteiger partial charge < -0.3 is 20.3 Å². The Kier molecular flexibility index (Phi) is 8.07. The molecule has 0 aliphatic heterocycles. The number of nitrogen functional groups attached to an aromatic ring is 1. The molecule has 0 radical (unpaired) electrons. The molecule has 0 saturated carbocycles. The summed E-state index contributed by atoms with van der Waals surface area (Å²) in [5, 5.41) is 8.68. The highest BCUT2D eigenvalue weighted by Crippen LogP contribution is 2.23. The lowest BCUT2D eigenvalue weighted by atomic mass is 10.2. The van der Waals surface area contributed by atoms with Crippen molar-refractivity contribution in [3.8, 4) is 0 Å². The van der Waals surface area contributed by atoms with Gasteiger partial charge in [-0.2, -0.15) is 0 Å². The zero-order valence-corrected chi connectivity index (χ0v) is 11.6.